The lowest BCUT2D eigenvalue weighted by Crippen LogP contribution is -1.92. The van der Waals surface area contributed by atoms with Crippen molar-refractivity contribution in [2.45, 2.75) is 38.2 Å². The monoisotopic (exact) mass is 424 g/mol. The number of halogens is 2. The molecule has 0 bridgehead atoms. The van der Waals surface area contributed by atoms with Crippen molar-refractivity contribution in [2.24, 2.45) is 0 Å². The molecule has 0 saturated carbocycles. The van der Waals surface area contributed by atoms with Crippen LogP contribution in [0.15, 0.2) is 65.6 Å². The minimum Gasteiger partial charge on any atom is -0.392 e. The summed E-state index contributed by atoms with van der Waals surface area (Å²) in [7, 11) is 0. The predicted molar refractivity (Wildman–Crippen MR) is 122 cm³/mol. The van der Waals surface area contributed by atoms with Gasteiger partial charge in [0.2, 0.25) is 0 Å². The van der Waals surface area contributed by atoms with Gasteiger partial charge in [-0.1, -0.05) is 36.4 Å². The van der Waals surface area contributed by atoms with Crippen LogP contribution in [0.25, 0.3) is 11.6 Å². The molecule has 0 aliphatic carbocycles. The highest BCUT2D eigenvalue weighted by Gasteiger charge is 2.08. The number of benzene rings is 3. The van der Waals surface area contributed by atoms with Gasteiger partial charge in [0.25, 0.3) is 0 Å². The van der Waals surface area contributed by atoms with Gasteiger partial charge in [-0.2, -0.15) is 0 Å². The molecule has 0 heterocycles. The van der Waals surface area contributed by atoms with E-state index in [4.69, 9.17) is 5.11 Å². The number of rotatable bonds is 8. The Hall–Kier alpha value is -2.43. The molecular formula is C26H26F2OS. The van der Waals surface area contributed by atoms with E-state index in [0.717, 1.165) is 46.3 Å². The van der Waals surface area contributed by atoms with Crippen LogP contribution in [0.1, 0.15) is 40.7 Å². The summed E-state index contributed by atoms with van der Waals surface area (Å²) in [4.78, 5) is 1.14. The van der Waals surface area contributed by atoms with Crippen molar-refractivity contribution in [2.75, 3.05) is 5.75 Å². The van der Waals surface area contributed by atoms with Crippen LogP contribution >= 0.6 is 11.8 Å². The summed E-state index contributed by atoms with van der Waals surface area (Å²) in [5, 5.41) is 9.14. The molecule has 0 aromatic heterocycles. The Bertz CT molecular complexity index is 1010. The molecule has 0 spiro atoms. The zero-order valence-corrected chi connectivity index (χ0v) is 18.1. The number of allylic oxidation sites excluding steroid dienone is 1. The van der Waals surface area contributed by atoms with E-state index in [1.54, 1.807) is 11.8 Å². The fourth-order valence-electron chi connectivity index (χ4n) is 3.24. The van der Waals surface area contributed by atoms with Crippen molar-refractivity contribution in [3.63, 3.8) is 0 Å². The van der Waals surface area contributed by atoms with Crippen LogP contribution in [0, 0.1) is 25.5 Å². The largest absolute Gasteiger partial charge is 0.392 e. The van der Waals surface area contributed by atoms with E-state index < -0.39 is 11.6 Å². The molecule has 0 aliphatic rings. The number of aliphatic hydroxyl groups excluding tert-OH is 1. The summed E-state index contributed by atoms with van der Waals surface area (Å²) < 4.78 is 27.7. The first-order chi connectivity index (χ1) is 14.4. The average Bonchev–Trinajstić information content (AvgIpc) is 2.72. The number of hydrogen-bond donors (Lipinski definition) is 1. The maximum Gasteiger partial charge on any atom is 0.126 e. The van der Waals surface area contributed by atoms with E-state index in [2.05, 4.69) is 26.0 Å². The highest BCUT2D eigenvalue weighted by molar-refractivity contribution is 7.99. The topological polar surface area (TPSA) is 20.2 Å². The quantitative estimate of drug-likeness (QED) is 0.235. The summed E-state index contributed by atoms with van der Waals surface area (Å²) in [5.74, 6) is -0.232. The van der Waals surface area contributed by atoms with Crippen LogP contribution in [-0.2, 0) is 6.61 Å². The van der Waals surface area contributed by atoms with Gasteiger partial charge in [-0.3, -0.25) is 0 Å². The molecule has 4 heteroatoms. The molecule has 0 amide bonds. The highest BCUT2D eigenvalue weighted by atomic mass is 32.2. The van der Waals surface area contributed by atoms with Crippen molar-refractivity contribution < 1.29 is 13.9 Å². The Morgan fingerprint density at radius 3 is 2.23 bits per heavy atom. The molecule has 0 fully saturated rings. The van der Waals surface area contributed by atoms with Crippen LogP contribution in [0.3, 0.4) is 0 Å². The van der Waals surface area contributed by atoms with Crippen molar-refractivity contribution >= 4 is 23.4 Å². The SMILES string of the molecule is Cc1ccc(/C=C(\CCCSc2ccc(CO)cc2)c2cc(F)cc(F)c2)cc1C. The molecule has 156 valence electrons. The third kappa shape index (κ3) is 6.28. The number of thioether (sulfide) groups is 1. The van der Waals surface area contributed by atoms with E-state index >= 15 is 0 Å². The highest BCUT2D eigenvalue weighted by Crippen LogP contribution is 2.28. The molecule has 30 heavy (non-hydrogen) atoms. The Balaban J connectivity index is 1.75. The van der Waals surface area contributed by atoms with E-state index in [1.807, 2.05) is 36.4 Å². The predicted octanol–water partition coefficient (Wildman–Crippen LogP) is 7.19. The first-order valence-corrected chi connectivity index (χ1v) is 11.0. The van der Waals surface area contributed by atoms with E-state index in [9.17, 15) is 8.78 Å². The lowest BCUT2D eigenvalue weighted by atomic mass is 9.97. The molecule has 0 aliphatic heterocycles. The zero-order chi connectivity index (χ0) is 21.5. The minimum absolute atomic E-state index is 0.0434. The maximum absolute atomic E-state index is 13.8. The summed E-state index contributed by atoms with van der Waals surface area (Å²) in [5.41, 5.74) is 5.84. The molecule has 1 nitrogen and oxygen atoms in total. The Morgan fingerprint density at radius 2 is 1.60 bits per heavy atom. The molecule has 0 atom stereocenters. The smallest absolute Gasteiger partial charge is 0.126 e. The Labute approximate surface area is 181 Å². The van der Waals surface area contributed by atoms with Gasteiger partial charge in [-0.05, 0) is 90.1 Å². The number of aliphatic hydroxyl groups is 1. The van der Waals surface area contributed by atoms with Crippen LogP contribution in [0.2, 0.25) is 0 Å². The van der Waals surface area contributed by atoms with E-state index in [1.165, 1.54) is 23.3 Å². The summed E-state index contributed by atoms with van der Waals surface area (Å²) in [6.45, 7) is 4.17. The van der Waals surface area contributed by atoms with Gasteiger partial charge in [0.15, 0.2) is 0 Å². The van der Waals surface area contributed by atoms with Crippen molar-refractivity contribution in [1.29, 1.82) is 0 Å². The van der Waals surface area contributed by atoms with Crippen LogP contribution in [-0.4, -0.2) is 10.9 Å². The van der Waals surface area contributed by atoms with Gasteiger partial charge in [-0.25, -0.2) is 8.78 Å². The summed E-state index contributed by atoms with van der Waals surface area (Å²) in [6, 6.07) is 17.8. The molecule has 1 N–H and O–H groups in total. The van der Waals surface area contributed by atoms with Gasteiger partial charge >= 0.3 is 0 Å². The number of hydrogen-bond acceptors (Lipinski definition) is 2. The lowest BCUT2D eigenvalue weighted by Gasteiger charge is -2.11. The van der Waals surface area contributed by atoms with Crippen LogP contribution < -0.4 is 0 Å². The zero-order valence-electron chi connectivity index (χ0n) is 17.3. The second-order valence-electron chi connectivity index (χ2n) is 7.43. The molecule has 0 unspecified atom stereocenters. The van der Waals surface area contributed by atoms with E-state index in [0.29, 0.717) is 5.56 Å². The molecule has 0 radical (unpaired) electrons. The third-order valence-electron chi connectivity index (χ3n) is 5.07. The van der Waals surface area contributed by atoms with Crippen molar-refractivity contribution in [3.8, 4) is 0 Å². The first-order valence-electron chi connectivity index (χ1n) is 10.0. The fourth-order valence-corrected chi connectivity index (χ4v) is 4.09. The van der Waals surface area contributed by atoms with Gasteiger partial charge < -0.3 is 5.11 Å². The van der Waals surface area contributed by atoms with Crippen molar-refractivity contribution in [1.82, 2.24) is 0 Å². The van der Waals surface area contributed by atoms with Gasteiger partial charge in [0, 0.05) is 11.0 Å². The Kier molecular flexibility index (Phi) is 7.83. The van der Waals surface area contributed by atoms with Crippen LogP contribution in [0.5, 0.6) is 0 Å². The van der Waals surface area contributed by atoms with Crippen LogP contribution in [0.4, 0.5) is 8.78 Å². The average molecular weight is 425 g/mol. The molecule has 0 saturated heterocycles. The molecule has 3 aromatic rings. The molecule has 3 aromatic carbocycles. The minimum atomic E-state index is -0.561. The van der Waals surface area contributed by atoms with Gasteiger partial charge in [0.05, 0.1) is 6.61 Å². The maximum atomic E-state index is 13.8. The van der Waals surface area contributed by atoms with Crippen molar-refractivity contribution in [3.05, 3.63) is 100 Å². The van der Waals surface area contributed by atoms with Gasteiger partial charge in [-0.15, -0.1) is 11.8 Å². The van der Waals surface area contributed by atoms with Gasteiger partial charge in [0.1, 0.15) is 11.6 Å². The number of aryl methyl sites for hydroxylation is 2. The second-order valence-corrected chi connectivity index (χ2v) is 8.59. The van der Waals surface area contributed by atoms with E-state index in [-0.39, 0.29) is 6.61 Å². The summed E-state index contributed by atoms with van der Waals surface area (Å²) >= 11 is 1.74. The normalized spacial score (nSPS) is 11.7. The fraction of sp³-hybridized carbons (Fsp3) is 0.231. The standard InChI is InChI=1S/C26H26F2OS/c1-18-5-6-21(12-19(18)2)13-22(23-14-24(27)16-25(28)15-23)4-3-11-30-26-9-7-20(17-29)8-10-26/h5-10,12-16,29H,3-4,11,17H2,1-2H3/b22-13+. The lowest BCUT2D eigenvalue weighted by molar-refractivity contribution is 0.282. The second kappa shape index (κ2) is 10.6. The molecule has 3 rings (SSSR count). The first kappa shape index (κ1) is 22.3. The Morgan fingerprint density at radius 1 is 0.900 bits per heavy atom. The summed E-state index contributed by atoms with van der Waals surface area (Å²) in [6.07, 6.45) is 3.63. The molecular weight excluding hydrogens is 398 g/mol. The third-order valence-corrected chi connectivity index (χ3v) is 6.17.